The highest BCUT2D eigenvalue weighted by Gasteiger charge is 2.14. The lowest BCUT2D eigenvalue weighted by atomic mass is 10.2. The summed E-state index contributed by atoms with van der Waals surface area (Å²) in [6.07, 6.45) is 5.17. The van der Waals surface area contributed by atoms with Gasteiger partial charge in [0.05, 0.1) is 13.7 Å². The zero-order valence-electron chi connectivity index (χ0n) is 14.7. The first kappa shape index (κ1) is 17.3. The Bertz CT molecular complexity index is 689. The van der Waals surface area contributed by atoms with Gasteiger partial charge in [-0.3, -0.25) is 0 Å². The topological polar surface area (TPSA) is 80.3 Å². The molecule has 0 unspecified atom stereocenters. The van der Waals surface area contributed by atoms with E-state index >= 15 is 0 Å². The number of nitrogens with one attached hydrogen (secondary N) is 3. The van der Waals surface area contributed by atoms with Crippen LogP contribution < -0.4 is 25.4 Å². The molecule has 0 saturated carbocycles. The van der Waals surface area contributed by atoms with E-state index in [1.165, 1.54) is 12.8 Å². The first-order chi connectivity index (χ1) is 12.3. The minimum atomic E-state index is 0.526. The fraction of sp³-hybridized carbons (Fsp3) is 0.444. The summed E-state index contributed by atoms with van der Waals surface area (Å²) in [5.74, 6) is 2.72. The molecule has 134 valence electrons. The molecule has 1 atom stereocenters. The molecule has 3 rings (SSSR count). The van der Waals surface area contributed by atoms with E-state index in [-0.39, 0.29) is 0 Å². The fourth-order valence-electron chi connectivity index (χ4n) is 2.87. The number of anilines is 3. The number of benzene rings is 1. The van der Waals surface area contributed by atoms with E-state index in [0.717, 1.165) is 36.0 Å². The van der Waals surface area contributed by atoms with Gasteiger partial charge in [-0.25, -0.2) is 4.98 Å². The van der Waals surface area contributed by atoms with Crippen LogP contribution in [0.2, 0.25) is 0 Å². The molecule has 1 aliphatic rings. The second-order valence-electron chi connectivity index (χ2n) is 5.94. The summed E-state index contributed by atoms with van der Waals surface area (Å²) in [6.45, 7) is 1.77. The number of methoxy groups -OCH3 is 1. The number of ether oxygens (including phenoxy) is 2. The molecule has 1 aromatic heterocycles. The Kier molecular flexibility index (Phi) is 5.90. The van der Waals surface area contributed by atoms with Gasteiger partial charge in [-0.05, 0) is 44.0 Å². The summed E-state index contributed by atoms with van der Waals surface area (Å²) < 4.78 is 11.4. The number of hydrogen-bond donors (Lipinski definition) is 3. The summed E-state index contributed by atoms with van der Waals surface area (Å²) >= 11 is 0. The highest BCUT2D eigenvalue weighted by molar-refractivity contribution is 5.60. The molecule has 7 heteroatoms. The van der Waals surface area contributed by atoms with Crippen molar-refractivity contribution in [1.29, 1.82) is 0 Å². The second kappa shape index (κ2) is 8.53. The second-order valence-corrected chi connectivity index (χ2v) is 5.94. The highest BCUT2D eigenvalue weighted by Crippen LogP contribution is 2.31. The number of rotatable bonds is 8. The van der Waals surface area contributed by atoms with Crippen molar-refractivity contribution in [2.45, 2.75) is 25.3 Å². The lowest BCUT2D eigenvalue weighted by molar-refractivity contribution is 0.275. The molecule has 1 saturated heterocycles. The van der Waals surface area contributed by atoms with Crippen LogP contribution in [0, 0.1) is 0 Å². The maximum atomic E-state index is 5.96. The van der Waals surface area contributed by atoms with Crippen molar-refractivity contribution in [2.75, 3.05) is 37.9 Å². The Balaban J connectivity index is 1.65. The van der Waals surface area contributed by atoms with Crippen LogP contribution in [-0.4, -0.2) is 43.3 Å². The normalized spacial score (nSPS) is 16.5. The van der Waals surface area contributed by atoms with Crippen molar-refractivity contribution < 1.29 is 9.47 Å². The molecule has 0 spiro atoms. The monoisotopic (exact) mass is 343 g/mol. The molecule has 1 aliphatic heterocycles. The molecule has 2 aromatic rings. The largest absolute Gasteiger partial charge is 0.493 e. The van der Waals surface area contributed by atoms with E-state index in [9.17, 15) is 0 Å². The summed E-state index contributed by atoms with van der Waals surface area (Å²) in [6, 6.07) is 8.08. The minimum absolute atomic E-state index is 0.526. The molecular formula is C18H25N5O2. The number of hydrogen-bond acceptors (Lipinski definition) is 7. The van der Waals surface area contributed by atoms with E-state index in [1.807, 2.05) is 31.3 Å². The van der Waals surface area contributed by atoms with Gasteiger partial charge in [0.15, 0.2) is 11.5 Å². The Hall–Kier alpha value is -2.54. The van der Waals surface area contributed by atoms with Crippen LogP contribution in [0.25, 0.3) is 0 Å². The van der Waals surface area contributed by atoms with Gasteiger partial charge in [-0.2, -0.15) is 4.98 Å². The smallest absolute Gasteiger partial charge is 0.229 e. The Labute approximate surface area is 148 Å². The standard InChI is InChI=1S/C18H25N5O2/c1-19-17-7-10-21-18(23-17)22-14-5-6-15(24-2)16(12-14)25-11-8-13-4-3-9-20-13/h5-7,10,12-13,20H,3-4,8-9,11H2,1-2H3,(H2,19,21,22,23)/t13-/m1/s1. The first-order valence-electron chi connectivity index (χ1n) is 8.60. The van der Waals surface area contributed by atoms with E-state index in [4.69, 9.17) is 9.47 Å². The Morgan fingerprint density at radius 1 is 1.28 bits per heavy atom. The molecule has 0 radical (unpaired) electrons. The third-order valence-electron chi connectivity index (χ3n) is 4.22. The van der Waals surface area contributed by atoms with Crippen molar-refractivity contribution in [3.05, 3.63) is 30.5 Å². The minimum Gasteiger partial charge on any atom is -0.493 e. The van der Waals surface area contributed by atoms with Gasteiger partial charge in [-0.15, -0.1) is 0 Å². The SMILES string of the molecule is CNc1ccnc(Nc2ccc(OC)c(OCC[C@H]3CCCN3)c2)n1. The Morgan fingerprint density at radius 2 is 2.20 bits per heavy atom. The average molecular weight is 343 g/mol. The zero-order chi connectivity index (χ0) is 17.5. The molecule has 2 heterocycles. The highest BCUT2D eigenvalue weighted by atomic mass is 16.5. The summed E-state index contributed by atoms with van der Waals surface area (Å²) in [4.78, 5) is 8.59. The summed E-state index contributed by atoms with van der Waals surface area (Å²) in [7, 11) is 3.47. The van der Waals surface area contributed by atoms with Crippen molar-refractivity contribution in [3.63, 3.8) is 0 Å². The van der Waals surface area contributed by atoms with Crippen LogP contribution in [0.3, 0.4) is 0 Å². The maximum Gasteiger partial charge on any atom is 0.229 e. The predicted octanol–water partition coefficient (Wildman–Crippen LogP) is 2.79. The third kappa shape index (κ3) is 4.73. The van der Waals surface area contributed by atoms with E-state index in [1.54, 1.807) is 13.3 Å². The average Bonchev–Trinajstić information content (AvgIpc) is 3.16. The fourth-order valence-corrected chi connectivity index (χ4v) is 2.87. The first-order valence-corrected chi connectivity index (χ1v) is 8.60. The Morgan fingerprint density at radius 3 is 2.96 bits per heavy atom. The molecule has 1 fully saturated rings. The van der Waals surface area contributed by atoms with Crippen LogP contribution in [0.1, 0.15) is 19.3 Å². The van der Waals surface area contributed by atoms with Crippen molar-refractivity contribution in [3.8, 4) is 11.5 Å². The van der Waals surface area contributed by atoms with E-state index in [0.29, 0.717) is 18.6 Å². The third-order valence-corrected chi connectivity index (χ3v) is 4.22. The lowest BCUT2D eigenvalue weighted by Crippen LogP contribution is -2.23. The van der Waals surface area contributed by atoms with Gasteiger partial charge >= 0.3 is 0 Å². The van der Waals surface area contributed by atoms with Crippen LogP contribution in [0.15, 0.2) is 30.5 Å². The lowest BCUT2D eigenvalue weighted by Gasteiger charge is -2.15. The molecule has 25 heavy (non-hydrogen) atoms. The number of aromatic nitrogens is 2. The molecule has 1 aromatic carbocycles. The van der Waals surface area contributed by atoms with Crippen LogP contribution in [0.5, 0.6) is 11.5 Å². The van der Waals surface area contributed by atoms with Crippen molar-refractivity contribution in [1.82, 2.24) is 15.3 Å². The van der Waals surface area contributed by atoms with Crippen LogP contribution in [-0.2, 0) is 0 Å². The van der Waals surface area contributed by atoms with Crippen LogP contribution in [0.4, 0.5) is 17.5 Å². The van der Waals surface area contributed by atoms with Gasteiger partial charge in [0, 0.05) is 31.0 Å². The molecule has 7 nitrogen and oxygen atoms in total. The van der Waals surface area contributed by atoms with Crippen molar-refractivity contribution >= 4 is 17.5 Å². The number of nitrogens with zero attached hydrogens (tertiary/aromatic N) is 2. The van der Waals surface area contributed by atoms with Gasteiger partial charge in [0.25, 0.3) is 0 Å². The molecular weight excluding hydrogens is 318 g/mol. The maximum absolute atomic E-state index is 5.96. The summed E-state index contributed by atoms with van der Waals surface area (Å²) in [5, 5.41) is 9.67. The predicted molar refractivity (Wildman–Crippen MR) is 99.0 cm³/mol. The van der Waals surface area contributed by atoms with Gasteiger partial charge in [0.2, 0.25) is 5.95 Å². The van der Waals surface area contributed by atoms with E-state index in [2.05, 4.69) is 25.9 Å². The van der Waals surface area contributed by atoms with E-state index < -0.39 is 0 Å². The molecule has 0 amide bonds. The van der Waals surface area contributed by atoms with Crippen LogP contribution >= 0.6 is 0 Å². The molecule has 0 aliphatic carbocycles. The quantitative estimate of drug-likeness (QED) is 0.680. The molecule has 0 bridgehead atoms. The zero-order valence-corrected chi connectivity index (χ0v) is 14.7. The van der Waals surface area contributed by atoms with Gasteiger partial charge in [0.1, 0.15) is 5.82 Å². The molecule has 3 N–H and O–H groups in total. The van der Waals surface area contributed by atoms with Gasteiger partial charge < -0.3 is 25.4 Å². The summed E-state index contributed by atoms with van der Waals surface area (Å²) in [5.41, 5.74) is 0.850. The van der Waals surface area contributed by atoms with Crippen molar-refractivity contribution in [2.24, 2.45) is 0 Å². The van der Waals surface area contributed by atoms with Gasteiger partial charge in [-0.1, -0.05) is 0 Å².